The van der Waals surface area contributed by atoms with Crippen LogP contribution in [0.4, 0.5) is 5.69 Å². The van der Waals surface area contributed by atoms with Crippen LogP contribution < -0.4 is 9.64 Å². The van der Waals surface area contributed by atoms with Gasteiger partial charge in [0.15, 0.2) is 13.9 Å². The van der Waals surface area contributed by atoms with E-state index in [-0.39, 0.29) is 30.9 Å². The van der Waals surface area contributed by atoms with E-state index >= 15 is 0 Å². The third-order valence-electron chi connectivity index (χ3n) is 9.68. The van der Waals surface area contributed by atoms with E-state index < -0.39 is 31.5 Å². The van der Waals surface area contributed by atoms with Crippen LogP contribution in [0.2, 0.25) is 18.6 Å². The lowest BCUT2D eigenvalue weighted by atomic mass is 9.82. The van der Waals surface area contributed by atoms with Crippen molar-refractivity contribution < 1.29 is 29.0 Å². The second kappa shape index (κ2) is 11.9. The Morgan fingerprint density at radius 1 is 1.11 bits per heavy atom. The van der Waals surface area contributed by atoms with E-state index in [9.17, 15) is 19.5 Å². The van der Waals surface area contributed by atoms with Gasteiger partial charge in [0.05, 0.1) is 44.5 Å². The second-order valence-electron chi connectivity index (χ2n) is 12.8. The number of methoxy groups -OCH3 is 1. The summed E-state index contributed by atoms with van der Waals surface area (Å²) in [6.45, 7) is 6.32. The van der Waals surface area contributed by atoms with Crippen LogP contribution in [0.15, 0.2) is 66.7 Å². The summed E-state index contributed by atoms with van der Waals surface area (Å²) in [5, 5.41) is 10.2. The Kier molecular flexibility index (Phi) is 8.42. The van der Waals surface area contributed by atoms with E-state index in [1.807, 2.05) is 80.7 Å². The van der Waals surface area contributed by atoms with E-state index in [1.165, 1.54) is 0 Å². The number of anilines is 1. The summed E-state index contributed by atoms with van der Waals surface area (Å²) < 4.78 is 13.6. The quantitative estimate of drug-likeness (QED) is 0.264. The van der Waals surface area contributed by atoms with Gasteiger partial charge < -0.3 is 29.2 Å². The molecule has 2 N–H and O–H groups in total. The van der Waals surface area contributed by atoms with Crippen LogP contribution in [-0.4, -0.2) is 60.8 Å². The number of fused-ring (bicyclic) bond motifs is 3. The number of aliphatic hydroxyl groups is 1. The molecular weight excluding hydrogens is 687 g/mol. The van der Waals surface area contributed by atoms with Crippen molar-refractivity contribution in [1.29, 1.82) is 0 Å². The van der Waals surface area contributed by atoms with Crippen molar-refractivity contribution in [3.05, 3.63) is 92.6 Å². The number of carbonyl (C=O) groups excluding carboxylic acids is 2. The SMILES string of the molecule is COc1ccc2c(c1)[C@@]1(O[C@H](CC(=O)N3Cc4ccccc4C[C@H]3CO)[C@@H]([Si](C)(C)O)[C@@H]1C)C(=O)N2Cc1cccc(I)c1. The first kappa shape index (κ1) is 31.2. The molecule has 0 bridgehead atoms. The molecule has 0 saturated carbocycles. The third kappa shape index (κ3) is 5.28. The summed E-state index contributed by atoms with van der Waals surface area (Å²) in [5.41, 5.74) is 2.88. The molecular formula is C34H39IN2O6Si. The molecule has 5 atom stereocenters. The average molecular weight is 727 g/mol. The van der Waals surface area contributed by atoms with Gasteiger partial charge in [-0.15, -0.1) is 0 Å². The standard InChI is InChI=1S/C34H39IN2O6Si/c1-21-32(44(3,4)41)30(17-31(39)36-19-24-10-6-5-9-23(24)15-26(36)20-38)43-34(21)28-16-27(42-2)12-13-29(28)37(33(34)40)18-22-8-7-11-25(35)14-22/h5-14,16,21,26,30,32,38,41H,15,17-20H2,1-4H3/t21-,26-,30+,32-,34+/m0/s1. The van der Waals surface area contributed by atoms with E-state index in [4.69, 9.17) is 9.47 Å². The number of ether oxygens (including phenoxy) is 2. The lowest BCUT2D eigenvalue weighted by Gasteiger charge is -2.37. The molecule has 6 rings (SSSR count). The van der Waals surface area contributed by atoms with Crippen molar-refractivity contribution in [3.8, 4) is 5.75 Å². The maximum absolute atomic E-state index is 14.7. The van der Waals surface area contributed by atoms with Crippen molar-refractivity contribution in [2.45, 2.75) is 69.2 Å². The minimum Gasteiger partial charge on any atom is -0.497 e. The monoisotopic (exact) mass is 726 g/mol. The number of rotatable bonds is 7. The van der Waals surface area contributed by atoms with Crippen LogP contribution in [0, 0.1) is 9.49 Å². The summed E-state index contributed by atoms with van der Waals surface area (Å²) >= 11 is 2.27. The molecule has 1 spiro atoms. The third-order valence-corrected chi connectivity index (χ3v) is 12.9. The fraction of sp³-hybridized carbons (Fsp3) is 0.412. The summed E-state index contributed by atoms with van der Waals surface area (Å²) in [6, 6.07) is 21.3. The number of hydrogen-bond acceptors (Lipinski definition) is 6. The summed E-state index contributed by atoms with van der Waals surface area (Å²) in [5.74, 6) is -0.132. The zero-order valence-electron chi connectivity index (χ0n) is 25.5. The molecule has 3 aromatic carbocycles. The number of nitrogens with zero attached hydrogens (tertiary/aromatic N) is 2. The van der Waals surface area contributed by atoms with Crippen molar-refractivity contribution in [3.63, 3.8) is 0 Å². The highest BCUT2D eigenvalue weighted by molar-refractivity contribution is 14.1. The molecule has 0 radical (unpaired) electrons. The highest BCUT2D eigenvalue weighted by atomic mass is 127. The van der Waals surface area contributed by atoms with Gasteiger partial charge in [-0.3, -0.25) is 9.59 Å². The van der Waals surface area contributed by atoms with Gasteiger partial charge in [0.2, 0.25) is 5.91 Å². The largest absolute Gasteiger partial charge is 0.497 e. The normalized spacial score (nSPS) is 26.2. The van der Waals surface area contributed by atoms with Crippen LogP contribution in [0.3, 0.4) is 0 Å². The molecule has 1 saturated heterocycles. The van der Waals surface area contributed by atoms with Crippen LogP contribution in [-0.2, 0) is 39.4 Å². The van der Waals surface area contributed by atoms with Gasteiger partial charge in [0.25, 0.3) is 5.91 Å². The number of carbonyl (C=O) groups is 2. The lowest BCUT2D eigenvalue weighted by Crippen LogP contribution is -2.48. The van der Waals surface area contributed by atoms with E-state index in [0.717, 1.165) is 25.9 Å². The number of halogens is 1. The Bertz CT molecular complexity index is 1590. The maximum atomic E-state index is 14.7. The zero-order chi connectivity index (χ0) is 31.4. The van der Waals surface area contributed by atoms with Crippen LogP contribution >= 0.6 is 22.6 Å². The van der Waals surface area contributed by atoms with Crippen LogP contribution in [0.5, 0.6) is 5.75 Å². The molecule has 44 heavy (non-hydrogen) atoms. The molecule has 2 amide bonds. The molecule has 10 heteroatoms. The molecule has 0 unspecified atom stereocenters. The van der Waals surface area contributed by atoms with Gasteiger partial charge in [-0.2, -0.15) is 0 Å². The molecule has 3 aliphatic heterocycles. The Morgan fingerprint density at radius 3 is 2.55 bits per heavy atom. The number of hydrogen-bond donors (Lipinski definition) is 2. The Balaban J connectivity index is 1.37. The smallest absolute Gasteiger partial charge is 0.264 e. The van der Waals surface area contributed by atoms with E-state index in [0.29, 0.717) is 30.8 Å². The topological polar surface area (TPSA) is 99.5 Å². The maximum Gasteiger partial charge on any atom is 0.264 e. The van der Waals surface area contributed by atoms with Crippen molar-refractivity contribution >= 4 is 48.4 Å². The summed E-state index contributed by atoms with van der Waals surface area (Å²) in [4.78, 5) is 43.9. The van der Waals surface area contributed by atoms with Crippen molar-refractivity contribution in [2.75, 3.05) is 18.6 Å². The summed E-state index contributed by atoms with van der Waals surface area (Å²) in [6.07, 6.45) is -0.0932. The van der Waals surface area contributed by atoms with Gasteiger partial charge in [0, 0.05) is 27.1 Å². The van der Waals surface area contributed by atoms with Gasteiger partial charge in [-0.25, -0.2) is 0 Å². The van der Waals surface area contributed by atoms with Gasteiger partial charge >= 0.3 is 0 Å². The van der Waals surface area contributed by atoms with Crippen molar-refractivity contribution in [2.24, 2.45) is 5.92 Å². The molecule has 3 aliphatic rings. The average Bonchev–Trinajstić information content (AvgIpc) is 3.42. The van der Waals surface area contributed by atoms with E-state index in [2.05, 4.69) is 28.7 Å². The Labute approximate surface area is 273 Å². The second-order valence-corrected chi connectivity index (χ2v) is 18.0. The van der Waals surface area contributed by atoms with Gasteiger partial charge in [-0.05, 0) is 89.1 Å². The van der Waals surface area contributed by atoms with E-state index in [1.54, 1.807) is 16.9 Å². The molecule has 8 nitrogen and oxygen atoms in total. The zero-order valence-corrected chi connectivity index (χ0v) is 28.7. The highest BCUT2D eigenvalue weighted by Crippen LogP contribution is 2.60. The Morgan fingerprint density at radius 2 is 1.86 bits per heavy atom. The molecule has 0 aliphatic carbocycles. The number of benzene rings is 3. The minimum absolute atomic E-state index is 0.00980. The molecule has 0 aromatic heterocycles. The van der Waals surface area contributed by atoms with Crippen LogP contribution in [0.25, 0.3) is 0 Å². The molecule has 3 heterocycles. The molecule has 232 valence electrons. The highest BCUT2D eigenvalue weighted by Gasteiger charge is 2.66. The predicted octanol–water partition coefficient (Wildman–Crippen LogP) is 4.98. The lowest BCUT2D eigenvalue weighted by molar-refractivity contribution is -0.151. The predicted molar refractivity (Wildman–Crippen MR) is 179 cm³/mol. The van der Waals surface area contributed by atoms with Crippen molar-refractivity contribution in [1.82, 2.24) is 4.90 Å². The van der Waals surface area contributed by atoms with Crippen LogP contribution in [0.1, 0.15) is 35.6 Å². The van der Waals surface area contributed by atoms with Gasteiger partial charge in [-0.1, -0.05) is 43.3 Å². The fourth-order valence-electron chi connectivity index (χ4n) is 7.69. The fourth-order valence-corrected chi connectivity index (χ4v) is 10.9. The first-order valence-corrected chi connectivity index (χ1v) is 19.2. The minimum atomic E-state index is -2.97. The Hall–Kier alpha value is -2.77. The summed E-state index contributed by atoms with van der Waals surface area (Å²) in [7, 11) is -1.37. The number of amides is 2. The number of aliphatic hydroxyl groups excluding tert-OH is 1. The first-order chi connectivity index (χ1) is 21.0. The first-order valence-electron chi connectivity index (χ1n) is 15.1. The molecule has 1 fully saturated rings. The molecule has 3 aromatic rings. The van der Waals surface area contributed by atoms with Gasteiger partial charge in [0.1, 0.15) is 5.75 Å².